The van der Waals surface area contributed by atoms with Crippen molar-refractivity contribution >= 4 is 29.8 Å². The summed E-state index contributed by atoms with van der Waals surface area (Å²) in [5.74, 6) is 0.379. The minimum absolute atomic E-state index is 0.379. The van der Waals surface area contributed by atoms with Crippen LogP contribution in [0, 0.1) is 0 Å². The van der Waals surface area contributed by atoms with E-state index in [2.05, 4.69) is 4.99 Å². The fraction of sp³-hybridized carbons (Fsp3) is 0.316. The van der Waals surface area contributed by atoms with E-state index in [1.165, 1.54) is 0 Å². The van der Waals surface area contributed by atoms with Crippen molar-refractivity contribution in [2.45, 2.75) is 38.9 Å². The minimum Gasteiger partial charge on any atom is -0.399 e. The summed E-state index contributed by atoms with van der Waals surface area (Å²) in [6.45, 7) is 8.09. The summed E-state index contributed by atoms with van der Waals surface area (Å²) in [5, 5.41) is 0. The highest BCUT2D eigenvalue weighted by atomic mass is 16.7. The lowest BCUT2D eigenvalue weighted by Gasteiger charge is -2.32. The highest BCUT2D eigenvalue weighted by Crippen LogP contribution is 2.36. The number of rotatable bonds is 3. The molecule has 25 heavy (non-hydrogen) atoms. The first-order valence-corrected chi connectivity index (χ1v) is 8.34. The van der Waals surface area contributed by atoms with Crippen molar-refractivity contribution in [3.63, 3.8) is 0 Å². The Morgan fingerprint density at radius 2 is 1.56 bits per heavy atom. The second-order valence-corrected chi connectivity index (χ2v) is 7.27. The van der Waals surface area contributed by atoms with Crippen LogP contribution in [0.3, 0.4) is 0 Å². The smallest absolute Gasteiger partial charge is 0.399 e. The van der Waals surface area contributed by atoms with E-state index in [0.29, 0.717) is 17.1 Å². The Kier molecular flexibility index (Phi) is 4.35. The van der Waals surface area contributed by atoms with Crippen molar-refractivity contribution in [2.75, 3.05) is 5.73 Å². The third kappa shape index (κ3) is 3.41. The van der Waals surface area contributed by atoms with Gasteiger partial charge in [-0.2, -0.15) is 0 Å². The number of hydrogen-bond acceptors (Lipinski definition) is 4. The summed E-state index contributed by atoms with van der Waals surface area (Å²) in [4.78, 5) is 4.42. The summed E-state index contributed by atoms with van der Waals surface area (Å²) >= 11 is 0. The van der Waals surface area contributed by atoms with Gasteiger partial charge in [0.05, 0.1) is 16.9 Å². The largest absolute Gasteiger partial charge is 0.494 e. The summed E-state index contributed by atoms with van der Waals surface area (Å²) in [7, 11) is -0.450. The average molecular weight is 337 g/mol. The fourth-order valence-corrected chi connectivity index (χ4v) is 2.64. The van der Waals surface area contributed by atoms with Gasteiger partial charge in [0, 0.05) is 11.3 Å². The Labute approximate surface area is 149 Å². The molecule has 0 aliphatic carbocycles. The molecule has 0 spiro atoms. The number of nitrogens with two attached hydrogens (primary N) is 2. The van der Waals surface area contributed by atoms with Crippen LogP contribution in [0.15, 0.2) is 53.5 Å². The molecule has 1 heterocycles. The van der Waals surface area contributed by atoms with Crippen LogP contribution in [0.2, 0.25) is 0 Å². The molecule has 0 saturated carbocycles. The van der Waals surface area contributed by atoms with Gasteiger partial charge in [0.25, 0.3) is 0 Å². The SMILES string of the molecule is CC1(C)OB(c2ccc(C(N)=Nc3ccccc3)c(N)c2)OC1(C)C. The van der Waals surface area contributed by atoms with Gasteiger partial charge in [0.2, 0.25) is 0 Å². The predicted molar refractivity (Wildman–Crippen MR) is 103 cm³/mol. The van der Waals surface area contributed by atoms with Crippen LogP contribution in [0.1, 0.15) is 33.3 Å². The van der Waals surface area contributed by atoms with Gasteiger partial charge in [-0.3, -0.25) is 0 Å². The molecule has 0 radical (unpaired) electrons. The molecule has 1 aliphatic heterocycles. The molecule has 5 nitrogen and oxygen atoms in total. The molecule has 0 aromatic heterocycles. The lowest BCUT2D eigenvalue weighted by atomic mass is 9.78. The van der Waals surface area contributed by atoms with E-state index in [9.17, 15) is 0 Å². The standard InChI is InChI=1S/C19H24BN3O2/c1-18(2)19(3,4)25-20(24-18)13-10-11-15(16(21)12-13)17(22)23-14-8-6-5-7-9-14/h5-12H,21H2,1-4H3,(H2,22,23). The lowest BCUT2D eigenvalue weighted by molar-refractivity contribution is 0.00578. The molecular formula is C19H24BN3O2. The van der Waals surface area contributed by atoms with Crippen LogP contribution in [-0.2, 0) is 9.31 Å². The van der Waals surface area contributed by atoms with E-state index >= 15 is 0 Å². The number of hydrogen-bond donors (Lipinski definition) is 2. The molecule has 1 fully saturated rings. The Balaban J connectivity index is 1.86. The number of amidine groups is 1. The number of nitrogens with zero attached hydrogens (tertiary/aromatic N) is 1. The monoisotopic (exact) mass is 337 g/mol. The van der Waals surface area contributed by atoms with E-state index in [1.807, 2.05) is 76.2 Å². The van der Waals surface area contributed by atoms with Gasteiger partial charge in [0.15, 0.2) is 0 Å². The number of anilines is 1. The lowest BCUT2D eigenvalue weighted by Crippen LogP contribution is -2.41. The van der Waals surface area contributed by atoms with E-state index in [4.69, 9.17) is 20.8 Å². The number of para-hydroxylation sites is 1. The summed E-state index contributed by atoms with van der Waals surface area (Å²) in [5.41, 5.74) is 14.5. The molecule has 2 aromatic rings. The Morgan fingerprint density at radius 3 is 2.12 bits per heavy atom. The molecule has 130 valence electrons. The van der Waals surface area contributed by atoms with Crippen molar-refractivity contribution in [1.82, 2.24) is 0 Å². The first-order chi connectivity index (χ1) is 11.7. The van der Waals surface area contributed by atoms with E-state index in [0.717, 1.165) is 11.2 Å². The zero-order valence-corrected chi connectivity index (χ0v) is 15.1. The summed E-state index contributed by atoms with van der Waals surface area (Å²) < 4.78 is 12.1. The quantitative estimate of drug-likeness (QED) is 0.390. The van der Waals surface area contributed by atoms with Gasteiger partial charge in [-0.15, -0.1) is 0 Å². The molecule has 0 atom stereocenters. The average Bonchev–Trinajstić information content (AvgIpc) is 2.76. The maximum atomic E-state index is 6.21. The van der Waals surface area contributed by atoms with Gasteiger partial charge < -0.3 is 20.8 Å². The van der Waals surface area contributed by atoms with Crippen molar-refractivity contribution in [3.05, 3.63) is 54.1 Å². The van der Waals surface area contributed by atoms with Gasteiger partial charge in [0.1, 0.15) is 5.84 Å². The van der Waals surface area contributed by atoms with Crippen molar-refractivity contribution in [3.8, 4) is 0 Å². The van der Waals surface area contributed by atoms with Crippen LogP contribution in [-0.4, -0.2) is 24.2 Å². The molecule has 0 bridgehead atoms. The third-order valence-corrected chi connectivity index (χ3v) is 4.88. The molecule has 6 heteroatoms. The first-order valence-electron chi connectivity index (χ1n) is 8.34. The Hall–Kier alpha value is -2.31. The van der Waals surface area contributed by atoms with Crippen LogP contribution in [0.4, 0.5) is 11.4 Å². The van der Waals surface area contributed by atoms with Gasteiger partial charge in [-0.1, -0.05) is 24.3 Å². The Morgan fingerprint density at radius 1 is 0.960 bits per heavy atom. The highest BCUT2D eigenvalue weighted by Gasteiger charge is 2.51. The Bertz CT molecular complexity index is 788. The molecule has 0 unspecified atom stereocenters. The molecule has 1 aliphatic rings. The topological polar surface area (TPSA) is 82.9 Å². The fourth-order valence-electron chi connectivity index (χ4n) is 2.64. The van der Waals surface area contributed by atoms with Crippen molar-refractivity contribution in [1.29, 1.82) is 0 Å². The maximum Gasteiger partial charge on any atom is 0.494 e. The van der Waals surface area contributed by atoms with Crippen LogP contribution in [0.5, 0.6) is 0 Å². The van der Waals surface area contributed by atoms with E-state index < -0.39 is 7.12 Å². The summed E-state index contributed by atoms with van der Waals surface area (Å²) in [6, 6.07) is 15.2. The molecule has 1 saturated heterocycles. The van der Waals surface area contributed by atoms with Gasteiger partial charge >= 0.3 is 7.12 Å². The maximum absolute atomic E-state index is 6.21. The van der Waals surface area contributed by atoms with Crippen LogP contribution >= 0.6 is 0 Å². The molecule has 0 amide bonds. The van der Waals surface area contributed by atoms with E-state index in [-0.39, 0.29) is 11.2 Å². The third-order valence-electron chi connectivity index (χ3n) is 4.88. The highest BCUT2D eigenvalue weighted by molar-refractivity contribution is 6.62. The zero-order valence-electron chi connectivity index (χ0n) is 15.1. The predicted octanol–water partition coefficient (Wildman–Crippen LogP) is 2.61. The van der Waals surface area contributed by atoms with Crippen LogP contribution < -0.4 is 16.9 Å². The molecule has 4 N–H and O–H groups in total. The molecule has 3 rings (SSSR count). The second-order valence-electron chi connectivity index (χ2n) is 7.27. The number of aliphatic imine (C=N–C) groups is 1. The van der Waals surface area contributed by atoms with Crippen molar-refractivity contribution < 1.29 is 9.31 Å². The van der Waals surface area contributed by atoms with Crippen LogP contribution in [0.25, 0.3) is 0 Å². The summed E-state index contributed by atoms with van der Waals surface area (Å²) in [6.07, 6.45) is 0. The number of nitrogen functional groups attached to an aromatic ring is 1. The number of benzene rings is 2. The second kappa shape index (κ2) is 6.21. The minimum atomic E-state index is -0.450. The molecule has 2 aromatic carbocycles. The van der Waals surface area contributed by atoms with Crippen molar-refractivity contribution in [2.24, 2.45) is 10.7 Å². The van der Waals surface area contributed by atoms with E-state index in [1.54, 1.807) is 0 Å². The normalized spacial score (nSPS) is 19.2. The zero-order chi connectivity index (χ0) is 18.2. The first kappa shape index (κ1) is 17.5. The molecular weight excluding hydrogens is 313 g/mol. The van der Waals surface area contributed by atoms with Gasteiger partial charge in [-0.25, -0.2) is 4.99 Å². The van der Waals surface area contributed by atoms with Gasteiger partial charge in [-0.05, 0) is 57.4 Å².